The lowest BCUT2D eigenvalue weighted by Crippen LogP contribution is -2.30. The third-order valence-corrected chi connectivity index (χ3v) is 5.12. The van der Waals surface area contributed by atoms with E-state index >= 15 is 0 Å². The first-order valence-corrected chi connectivity index (χ1v) is 9.30. The predicted molar refractivity (Wildman–Crippen MR) is 103 cm³/mol. The highest BCUT2D eigenvalue weighted by Gasteiger charge is 2.29. The van der Waals surface area contributed by atoms with E-state index in [1.54, 1.807) is 15.5 Å². The monoisotopic (exact) mass is 378 g/mol. The highest BCUT2D eigenvalue weighted by atomic mass is 16.2. The molecule has 0 radical (unpaired) electrons. The summed E-state index contributed by atoms with van der Waals surface area (Å²) in [7, 11) is 0. The fraction of sp³-hybridized carbons (Fsp3) is 0.350. The molecule has 0 saturated carbocycles. The van der Waals surface area contributed by atoms with E-state index in [0.29, 0.717) is 30.3 Å². The van der Waals surface area contributed by atoms with Crippen LogP contribution in [0, 0.1) is 19.8 Å². The number of aryl methyl sites for hydroxylation is 2. The summed E-state index contributed by atoms with van der Waals surface area (Å²) in [5.41, 5.74) is 8.65. The van der Waals surface area contributed by atoms with Gasteiger partial charge in [-0.3, -0.25) is 9.59 Å². The molecule has 1 aromatic carbocycles. The minimum absolute atomic E-state index is 0.170. The number of likely N-dealkylation sites (tertiary alicyclic amines) is 1. The number of hydrogen-bond donors (Lipinski definition) is 1. The minimum atomic E-state index is -0.429. The summed E-state index contributed by atoms with van der Waals surface area (Å²) in [6.07, 6.45) is 1.69. The molecule has 3 heterocycles. The van der Waals surface area contributed by atoms with Crippen molar-refractivity contribution >= 4 is 17.6 Å². The second-order valence-electron chi connectivity index (χ2n) is 7.36. The van der Waals surface area contributed by atoms with Gasteiger partial charge >= 0.3 is 0 Å². The molecule has 0 aliphatic carbocycles. The van der Waals surface area contributed by atoms with Crippen molar-refractivity contribution in [1.82, 2.24) is 24.5 Å². The maximum Gasteiger partial charge on any atom is 0.293 e. The molecule has 0 spiro atoms. The number of benzene rings is 1. The van der Waals surface area contributed by atoms with Crippen LogP contribution in [0.25, 0.3) is 5.78 Å². The van der Waals surface area contributed by atoms with Gasteiger partial charge in [-0.1, -0.05) is 12.1 Å². The number of primary amides is 1. The van der Waals surface area contributed by atoms with Crippen molar-refractivity contribution < 1.29 is 9.59 Å². The molecule has 1 aliphatic rings. The summed E-state index contributed by atoms with van der Waals surface area (Å²) in [6, 6.07) is 9.26. The number of aromatic nitrogens is 4. The van der Waals surface area contributed by atoms with Gasteiger partial charge in [0.05, 0.1) is 0 Å². The molecule has 2 aromatic heterocycles. The van der Waals surface area contributed by atoms with E-state index in [0.717, 1.165) is 29.8 Å². The van der Waals surface area contributed by atoms with Crippen LogP contribution < -0.4 is 5.73 Å². The molecule has 1 aliphatic heterocycles. The van der Waals surface area contributed by atoms with E-state index < -0.39 is 5.91 Å². The Morgan fingerprint density at radius 1 is 1.21 bits per heavy atom. The number of rotatable bonds is 4. The standard InChI is InChI=1S/C20H22N6O2/c1-12-8-13(2)26-20(22-12)23-18(24-26)19(28)25-7-6-15(11-25)9-14-4-3-5-16(10-14)17(21)27/h3-5,8,10,15H,6-7,9,11H2,1-2H3,(H2,21,27)/t15-/m0/s1. The van der Waals surface area contributed by atoms with Crippen LogP contribution in [0.1, 0.15) is 44.3 Å². The molecule has 2 N–H and O–H groups in total. The van der Waals surface area contributed by atoms with Crippen LogP contribution in [0.5, 0.6) is 0 Å². The molecule has 3 aromatic rings. The Balaban J connectivity index is 1.47. The molecule has 4 rings (SSSR count). The third-order valence-electron chi connectivity index (χ3n) is 5.12. The van der Waals surface area contributed by atoms with Crippen LogP contribution >= 0.6 is 0 Å². The average Bonchev–Trinajstić information content (AvgIpc) is 3.28. The fourth-order valence-corrected chi connectivity index (χ4v) is 3.77. The van der Waals surface area contributed by atoms with Crippen molar-refractivity contribution in [2.45, 2.75) is 26.7 Å². The first-order chi connectivity index (χ1) is 13.4. The Labute approximate surface area is 162 Å². The van der Waals surface area contributed by atoms with Crippen molar-refractivity contribution in [1.29, 1.82) is 0 Å². The Morgan fingerprint density at radius 2 is 2.04 bits per heavy atom. The van der Waals surface area contributed by atoms with Gasteiger partial charge in [0.2, 0.25) is 11.7 Å². The quantitative estimate of drug-likeness (QED) is 0.741. The lowest BCUT2D eigenvalue weighted by molar-refractivity contribution is 0.0775. The summed E-state index contributed by atoms with van der Waals surface area (Å²) >= 11 is 0. The lowest BCUT2D eigenvalue weighted by Gasteiger charge is -2.14. The fourth-order valence-electron chi connectivity index (χ4n) is 3.77. The Kier molecular flexibility index (Phi) is 4.54. The van der Waals surface area contributed by atoms with Gasteiger partial charge in [0.25, 0.3) is 11.7 Å². The number of nitrogens with zero attached hydrogens (tertiary/aromatic N) is 5. The molecule has 1 fully saturated rings. The molecule has 8 nitrogen and oxygen atoms in total. The van der Waals surface area contributed by atoms with Gasteiger partial charge in [-0.25, -0.2) is 9.50 Å². The van der Waals surface area contributed by atoms with Gasteiger partial charge in [-0.15, -0.1) is 5.10 Å². The second kappa shape index (κ2) is 7.03. The van der Waals surface area contributed by atoms with Crippen LogP contribution in [0.3, 0.4) is 0 Å². The Bertz CT molecular complexity index is 1070. The van der Waals surface area contributed by atoms with Crippen molar-refractivity contribution in [2.24, 2.45) is 11.7 Å². The van der Waals surface area contributed by atoms with Gasteiger partial charge < -0.3 is 10.6 Å². The molecule has 28 heavy (non-hydrogen) atoms. The van der Waals surface area contributed by atoms with Crippen molar-refractivity contribution in [2.75, 3.05) is 13.1 Å². The number of fused-ring (bicyclic) bond motifs is 1. The SMILES string of the molecule is Cc1cc(C)n2nc(C(=O)N3CC[C@@H](Cc4cccc(C(N)=O)c4)C3)nc2n1. The highest BCUT2D eigenvalue weighted by Crippen LogP contribution is 2.22. The van der Waals surface area contributed by atoms with Crippen LogP contribution in [-0.2, 0) is 6.42 Å². The zero-order valence-electron chi connectivity index (χ0n) is 15.9. The van der Waals surface area contributed by atoms with Crippen LogP contribution in [-0.4, -0.2) is 49.4 Å². The van der Waals surface area contributed by atoms with Crippen LogP contribution in [0.15, 0.2) is 30.3 Å². The molecule has 0 unspecified atom stereocenters. The van der Waals surface area contributed by atoms with Gasteiger partial charge in [-0.05, 0) is 56.4 Å². The van der Waals surface area contributed by atoms with E-state index in [2.05, 4.69) is 15.1 Å². The zero-order chi connectivity index (χ0) is 19.8. The number of amides is 2. The molecule has 0 bridgehead atoms. The first kappa shape index (κ1) is 18.1. The smallest absolute Gasteiger partial charge is 0.293 e. The first-order valence-electron chi connectivity index (χ1n) is 9.30. The molecule has 2 amide bonds. The van der Waals surface area contributed by atoms with Crippen molar-refractivity contribution in [3.63, 3.8) is 0 Å². The van der Waals surface area contributed by atoms with E-state index in [4.69, 9.17) is 5.73 Å². The normalized spacial score (nSPS) is 16.6. The summed E-state index contributed by atoms with van der Waals surface area (Å²) < 4.78 is 1.60. The van der Waals surface area contributed by atoms with Gasteiger partial charge in [0, 0.05) is 30.0 Å². The van der Waals surface area contributed by atoms with Crippen LogP contribution in [0.2, 0.25) is 0 Å². The Hall–Kier alpha value is -3.29. The molecule has 8 heteroatoms. The number of hydrogen-bond acceptors (Lipinski definition) is 5. The van der Waals surface area contributed by atoms with Crippen molar-refractivity contribution in [3.05, 3.63) is 58.7 Å². The molecule has 1 atom stereocenters. The second-order valence-corrected chi connectivity index (χ2v) is 7.36. The third kappa shape index (κ3) is 3.45. The van der Waals surface area contributed by atoms with Crippen LogP contribution in [0.4, 0.5) is 0 Å². The summed E-state index contributed by atoms with van der Waals surface area (Å²) in [6.45, 7) is 5.11. The van der Waals surface area contributed by atoms with E-state index in [1.165, 1.54) is 0 Å². The highest BCUT2D eigenvalue weighted by molar-refractivity contribution is 5.93. The molecular weight excluding hydrogens is 356 g/mol. The summed E-state index contributed by atoms with van der Waals surface area (Å²) in [5.74, 6) is 0.349. The van der Waals surface area contributed by atoms with Gasteiger partial charge in [0.1, 0.15) is 0 Å². The number of nitrogens with two attached hydrogens (primary N) is 1. The van der Waals surface area contributed by atoms with E-state index in [-0.39, 0.29) is 11.7 Å². The van der Waals surface area contributed by atoms with Crippen molar-refractivity contribution in [3.8, 4) is 0 Å². The minimum Gasteiger partial charge on any atom is -0.366 e. The molecular formula is C20H22N6O2. The molecule has 1 saturated heterocycles. The number of carbonyl (C=O) groups is 2. The molecule has 144 valence electrons. The summed E-state index contributed by atoms with van der Waals surface area (Å²) in [5, 5.41) is 4.34. The lowest BCUT2D eigenvalue weighted by atomic mass is 9.97. The number of carbonyl (C=O) groups excluding carboxylic acids is 2. The van der Waals surface area contributed by atoms with E-state index in [1.807, 2.05) is 38.1 Å². The zero-order valence-corrected chi connectivity index (χ0v) is 15.9. The largest absolute Gasteiger partial charge is 0.366 e. The maximum atomic E-state index is 12.9. The maximum absolute atomic E-state index is 12.9. The van der Waals surface area contributed by atoms with E-state index in [9.17, 15) is 9.59 Å². The summed E-state index contributed by atoms with van der Waals surface area (Å²) in [4.78, 5) is 34.7. The van der Waals surface area contributed by atoms with Gasteiger partial charge in [-0.2, -0.15) is 4.98 Å². The topological polar surface area (TPSA) is 106 Å². The van der Waals surface area contributed by atoms with Gasteiger partial charge in [0.15, 0.2) is 0 Å². The Morgan fingerprint density at radius 3 is 2.82 bits per heavy atom. The predicted octanol–water partition coefficient (Wildman–Crippen LogP) is 1.54. The average molecular weight is 378 g/mol.